The van der Waals surface area contributed by atoms with Gasteiger partial charge in [0.15, 0.2) is 0 Å². The second-order valence-corrected chi connectivity index (χ2v) is 7.58. The molecule has 1 heteroatoms. The van der Waals surface area contributed by atoms with Crippen molar-refractivity contribution in [2.45, 2.75) is 116 Å². The van der Waals surface area contributed by atoms with Gasteiger partial charge in [-0.15, -0.1) is 0 Å². The topological polar surface area (TPSA) is 9.23 Å². The first-order valence-electron chi connectivity index (χ1n) is 10.3. The van der Waals surface area contributed by atoms with Gasteiger partial charge in [-0.2, -0.15) is 0 Å². The van der Waals surface area contributed by atoms with E-state index in [1.165, 1.54) is 89.9 Å². The molecule has 0 heterocycles. The average Bonchev–Trinajstić information content (AvgIpc) is 2.57. The Morgan fingerprint density at radius 1 is 0.783 bits per heavy atom. The monoisotopic (exact) mass is 318 g/mol. The van der Waals surface area contributed by atoms with Crippen molar-refractivity contribution >= 4 is 0 Å². The molecule has 132 valence electrons. The van der Waals surface area contributed by atoms with Crippen LogP contribution in [-0.4, -0.2) is 12.2 Å². The molecule has 0 N–H and O–H groups in total. The third-order valence-electron chi connectivity index (χ3n) is 5.36. The van der Waals surface area contributed by atoms with Gasteiger partial charge in [-0.05, 0) is 77.0 Å². The van der Waals surface area contributed by atoms with E-state index in [9.17, 15) is 0 Å². The minimum absolute atomic E-state index is 0.449. The lowest BCUT2D eigenvalue weighted by Gasteiger charge is -2.28. The van der Waals surface area contributed by atoms with Crippen molar-refractivity contribution in [2.75, 3.05) is 0 Å². The van der Waals surface area contributed by atoms with Gasteiger partial charge in [-0.3, -0.25) is 0 Å². The molecule has 2 aliphatic rings. The first-order valence-corrected chi connectivity index (χ1v) is 10.3. The number of ether oxygens (including phenoxy) is 1. The Kier molecular flexibility index (Phi) is 9.04. The molecule has 0 aromatic heterocycles. The molecule has 0 fully saturated rings. The molecule has 0 bridgehead atoms. The van der Waals surface area contributed by atoms with Crippen LogP contribution >= 0.6 is 0 Å². The zero-order valence-corrected chi connectivity index (χ0v) is 15.6. The van der Waals surface area contributed by atoms with Gasteiger partial charge < -0.3 is 4.74 Å². The lowest BCUT2D eigenvalue weighted by molar-refractivity contribution is -0.0209. The van der Waals surface area contributed by atoms with Crippen LogP contribution in [0.2, 0.25) is 0 Å². The highest BCUT2D eigenvalue weighted by Crippen LogP contribution is 2.28. The summed E-state index contributed by atoms with van der Waals surface area (Å²) in [5.41, 5.74) is 3.34. The third-order valence-corrected chi connectivity index (χ3v) is 5.36. The third kappa shape index (κ3) is 7.25. The summed E-state index contributed by atoms with van der Waals surface area (Å²) in [6, 6.07) is 0. The Morgan fingerprint density at radius 2 is 1.26 bits per heavy atom. The predicted molar refractivity (Wildman–Crippen MR) is 101 cm³/mol. The van der Waals surface area contributed by atoms with Gasteiger partial charge in [0.2, 0.25) is 0 Å². The van der Waals surface area contributed by atoms with Crippen molar-refractivity contribution in [1.82, 2.24) is 0 Å². The Bertz CT molecular complexity index is 343. The molecule has 0 saturated heterocycles. The van der Waals surface area contributed by atoms with E-state index in [0.29, 0.717) is 12.2 Å². The van der Waals surface area contributed by atoms with E-state index in [2.05, 4.69) is 26.0 Å². The second-order valence-electron chi connectivity index (χ2n) is 7.58. The molecule has 0 aromatic rings. The number of rotatable bonds is 10. The van der Waals surface area contributed by atoms with Gasteiger partial charge in [0.05, 0.1) is 12.2 Å². The summed E-state index contributed by atoms with van der Waals surface area (Å²) >= 11 is 0. The van der Waals surface area contributed by atoms with Crippen LogP contribution in [0.3, 0.4) is 0 Å². The van der Waals surface area contributed by atoms with E-state index in [-0.39, 0.29) is 0 Å². The molecule has 0 saturated carbocycles. The van der Waals surface area contributed by atoms with E-state index in [1.807, 2.05) is 0 Å². The summed E-state index contributed by atoms with van der Waals surface area (Å²) in [6.07, 6.45) is 23.9. The van der Waals surface area contributed by atoms with Gasteiger partial charge in [0, 0.05) is 0 Å². The Hall–Kier alpha value is -0.560. The van der Waals surface area contributed by atoms with Crippen molar-refractivity contribution in [3.8, 4) is 0 Å². The molecular weight excluding hydrogens is 280 g/mol. The van der Waals surface area contributed by atoms with Crippen LogP contribution in [0.1, 0.15) is 104 Å². The maximum absolute atomic E-state index is 6.66. The average molecular weight is 319 g/mol. The van der Waals surface area contributed by atoms with Crippen molar-refractivity contribution in [2.24, 2.45) is 0 Å². The fourth-order valence-corrected chi connectivity index (χ4v) is 4.12. The van der Waals surface area contributed by atoms with Gasteiger partial charge in [0.1, 0.15) is 0 Å². The number of allylic oxidation sites excluding steroid dienone is 2. The Labute approximate surface area is 144 Å². The first-order chi connectivity index (χ1) is 11.3. The second kappa shape index (κ2) is 11.1. The summed E-state index contributed by atoms with van der Waals surface area (Å²) in [4.78, 5) is 0. The molecule has 2 rings (SSSR count). The van der Waals surface area contributed by atoms with Gasteiger partial charge >= 0.3 is 0 Å². The molecule has 2 aliphatic carbocycles. The molecule has 23 heavy (non-hydrogen) atoms. The van der Waals surface area contributed by atoms with Crippen molar-refractivity contribution in [3.05, 3.63) is 23.3 Å². The lowest BCUT2D eigenvalue weighted by atomic mass is 9.92. The molecule has 0 aliphatic heterocycles. The van der Waals surface area contributed by atoms with Crippen molar-refractivity contribution in [3.63, 3.8) is 0 Å². The lowest BCUT2D eigenvalue weighted by Crippen LogP contribution is -2.24. The van der Waals surface area contributed by atoms with E-state index in [1.54, 1.807) is 11.1 Å². The Balaban J connectivity index is 1.89. The summed E-state index contributed by atoms with van der Waals surface area (Å²) in [6.45, 7) is 4.59. The SMILES string of the molecule is CCCC(CC1=CCCCC1)OC(CCC)CC1=CCCCC1. The summed E-state index contributed by atoms with van der Waals surface area (Å²) < 4.78 is 6.66. The highest BCUT2D eigenvalue weighted by molar-refractivity contribution is 5.08. The van der Waals surface area contributed by atoms with E-state index < -0.39 is 0 Å². The van der Waals surface area contributed by atoms with Gasteiger partial charge in [0.25, 0.3) is 0 Å². The minimum Gasteiger partial charge on any atom is -0.374 e. The summed E-state index contributed by atoms with van der Waals surface area (Å²) in [7, 11) is 0. The van der Waals surface area contributed by atoms with Gasteiger partial charge in [-0.1, -0.05) is 50.0 Å². The summed E-state index contributed by atoms with van der Waals surface area (Å²) in [5, 5.41) is 0. The fraction of sp³-hybridized carbons (Fsp3) is 0.818. The fourth-order valence-electron chi connectivity index (χ4n) is 4.12. The zero-order valence-electron chi connectivity index (χ0n) is 15.6. The van der Waals surface area contributed by atoms with E-state index >= 15 is 0 Å². The van der Waals surface area contributed by atoms with Crippen LogP contribution < -0.4 is 0 Å². The molecule has 0 aromatic carbocycles. The maximum Gasteiger partial charge on any atom is 0.0616 e. The number of hydrogen-bond donors (Lipinski definition) is 0. The minimum atomic E-state index is 0.449. The van der Waals surface area contributed by atoms with Crippen LogP contribution in [0.25, 0.3) is 0 Å². The zero-order chi connectivity index (χ0) is 16.3. The standard InChI is InChI=1S/C22H38O/c1-3-11-21(17-19-13-7-5-8-14-19)23-22(12-4-2)18-20-15-9-6-10-16-20/h13,15,21-22H,3-12,14,16-18H2,1-2H3. The Morgan fingerprint density at radius 3 is 1.61 bits per heavy atom. The van der Waals surface area contributed by atoms with E-state index in [0.717, 1.165) is 0 Å². The van der Waals surface area contributed by atoms with Crippen molar-refractivity contribution < 1.29 is 4.74 Å². The highest BCUT2D eigenvalue weighted by atomic mass is 16.5. The molecule has 0 radical (unpaired) electrons. The van der Waals surface area contributed by atoms with Crippen LogP contribution in [-0.2, 0) is 4.74 Å². The van der Waals surface area contributed by atoms with Crippen LogP contribution in [0.5, 0.6) is 0 Å². The highest BCUT2D eigenvalue weighted by Gasteiger charge is 2.19. The van der Waals surface area contributed by atoms with Crippen LogP contribution in [0.4, 0.5) is 0 Å². The molecule has 0 amide bonds. The summed E-state index contributed by atoms with van der Waals surface area (Å²) in [5.74, 6) is 0. The predicted octanol–water partition coefficient (Wildman–Crippen LogP) is 7.12. The molecule has 2 unspecified atom stereocenters. The maximum atomic E-state index is 6.66. The largest absolute Gasteiger partial charge is 0.374 e. The van der Waals surface area contributed by atoms with Gasteiger partial charge in [-0.25, -0.2) is 0 Å². The van der Waals surface area contributed by atoms with Crippen molar-refractivity contribution in [1.29, 1.82) is 0 Å². The molecule has 1 nitrogen and oxygen atoms in total. The molecule has 2 atom stereocenters. The van der Waals surface area contributed by atoms with Crippen LogP contribution in [0, 0.1) is 0 Å². The van der Waals surface area contributed by atoms with Crippen LogP contribution in [0.15, 0.2) is 23.3 Å². The molecular formula is C22H38O. The van der Waals surface area contributed by atoms with E-state index in [4.69, 9.17) is 4.74 Å². The number of hydrogen-bond acceptors (Lipinski definition) is 1. The molecule has 0 spiro atoms. The first kappa shape index (κ1) is 18.8. The normalized spacial score (nSPS) is 21.5. The quantitative estimate of drug-likeness (QED) is 0.389. The smallest absolute Gasteiger partial charge is 0.0616 e.